The van der Waals surface area contributed by atoms with E-state index in [2.05, 4.69) is 25.9 Å². The molecular formula is C11H16FN5O. The van der Waals surface area contributed by atoms with Crippen molar-refractivity contribution < 1.29 is 9.18 Å². The second kappa shape index (κ2) is 5.61. The number of hydrogen-bond donors (Lipinski definition) is 3. The number of halogens is 1. The van der Waals surface area contributed by atoms with E-state index in [0.29, 0.717) is 18.9 Å². The molecule has 1 saturated heterocycles. The van der Waals surface area contributed by atoms with Gasteiger partial charge in [-0.25, -0.2) is 9.37 Å². The number of nitrogens with zero attached hydrogens (tertiary/aromatic N) is 2. The number of carbonyl (C=O) groups excluding carboxylic acids is 1. The Morgan fingerprint density at radius 3 is 3.11 bits per heavy atom. The lowest BCUT2D eigenvalue weighted by atomic mass is 10.2. The summed E-state index contributed by atoms with van der Waals surface area (Å²) in [5.74, 6) is -0.0363. The van der Waals surface area contributed by atoms with E-state index in [9.17, 15) is 9.18 Å². The first-order valence-electron chi connectivity index (χ1n) is 5.98. The van der Waals surface area contributed by atoms with Crippen LogP contribution in [-0.2, 0) is 4.79 Å². The summed E-state index contributed by atoms with van der Waals surface area (Å²) in [5.41, 5.74) is 0. The first-order chi connectivity index (χ1) is 8.69. The summed E-state index contributed by atoms with van der Waals surface area (Å²) in [6, 6.07) is -0.124. The zero-order valence-corrected chi connectivity index (χ0v) is 10.2. The summed E-state index contributed by atoms with van der Waals surface area (Å²) in [6.45, 7) is 3.24. The summed E-state index contributed by atoms with van der Waals surface area (Å²) < 4.78 is 13.5. The molecule has 1 aromatic heterocycles. The second-order valence-electron chi connectivity index (χ2n) is 4.17. The molecule has 1 atom stereocenters. The van der Waals surface area contributed by atoms with Crippen molar-refractivity contribution in [1.29, 1.82) is 0 Å². The van der Waals surface area contributed by atoms with Crippen molar-refractivity contribution in [3.05, 3.63) is 12.0 Å². The van der Waals surface area contributed by atoms with Gasteiger partial charge in [0, 0.05) is 19.5 Å². The standard InChI is InChI=1S/C11H16FN5O/c1-2-3-13-11-15-6-8(12)10(17-11)16-7-4-9(18)14-5-7/h6-7H,2-5H2,1H3,(H,14,18)(H2,13,15,16,17). The van der Waals surface area contributed by atoms with Crippen LogP contribution in [0.5, 0.6) is 0 Å². The predicted octanol–water partition coefficient (Wildman–Crippen LogP) is 0.738. The highest BCUT2D eigenvalue weighted by atomic mass is 19.1. The molecule has 1 fully saturated rings. The number of hydrogen-bond acceptors (Lipinski definition) is 5. The molecule has 1 aliphatic heterocycles. The number of nitrogens with one attached hydrogen (secondary N) is 3. The fourth-order valence-electron chi connectivity index (χ4n) is 1.69. The number of rotatable bonds is 5. The third-order valence-corrected chi connectivity index (χ3v) is 2.60. The van der Waals surface area contributed by atoms with Crippen molar-refractivity contribution in [3.8, 4) is 0 Å². The lowest BCUT2D eigenvalue weighted by Crippen LogP contribution is -2.24. The second-order valence-corrected chi connectivity index (χ2v) is 4.17. The van der Waals surface area contributed by atoms with Crippen molar-refractivity contribution in [2.75, 3.05) is 23.7 Å². The molecule has 0 bridgehead atoms. The molecule has 1 unspecified atom stereocenters. The van der Waals surface area contributed by atoms with Gasteiger partial charge in [0.15, 0.2) is 11.6 Å². The van der Waals surface area contributed by atoms with Gasteiger partial charge in [-0.1, -0.05) is 6.92 Å². The van der Waals surface area contributed by atoms with Crippen LogP contribution >= 0.6 is 0 Å². The molecule has 1 aromatic rings. The topological polar surface area (TPSA) is 78.9 Å². The van der Waals surface area contributed by atoms with Gasteiger partial charge < -0.3 is 16.0 Å². The van der Waals surface area contributed by atoms with Crippen LogP contribution in [0.3, 0.4) is 0 Å². The quantitative estimate of drug-likeness (QED) is 0.721. The smallest absolute Gasteiger partial charge is 0.224 e. The fraction of sp³-hybridized carbons (Fsp3) is 0.545. The first kappa shape index (κ1) is 12.5. The minimum absolute atomic E-state index is 0.0358. The molecule has 6 nitrogen and oxygen atoms in total. The van der Waals surface area contributed by atoms with Crippen LogP contribution in [0.15, 0.2) is 6.20 Å². The van der Waals surface area contributed by atoms with Gasteiger partial charge in [0.05, 0.1) is 12.2 Å². The van der Waals surface area contributed by atoms with E-state index < -0.39 is 5.82 Å². The minimum Gasteiger partial charge on any atom is -0.362 e. The molecule has 0 saturated carbocycles. The van der Waals surface area contributed by atoms with E-state index in [4.69, 9.17) is 0 Å². The molecule has 98 valence electrons. The summed E-state index contributed by atoms with van der Waals surface area (Å²) in [6.07, 6.45) is 2.39. The van der Waals surface area contributed by atoms with Crippen LogP contribution in [0.2, 0.25) is 0 Å². The maximum Gasteiger partial charge on any atom is 0.224 e. The molecule has 1 aliphatic rings. The number of carbonyl (C=O) groups is 1. The molecule has 2 heterocycles. The maximum atomic E-state index is 13.5. The highest BCUT2D eigenvalue weighted by Gasteiger charge is 2.22. The SMILES string of the molecule is CCCNc1ncc(F)c(NC2CNC(=O)C2)n1. The van der Waals surface area contributed by atoms with Crippen LogP contribution in [0, 0.1) is 5.82 Å². The Morgan fingerprint density at radius 1 is 1.61 bits per heavy atom. The van der Waals surface area contributed by atoms with Gasteiger partial charge in [0.1, 0.15) is 0 Å². The van der Waals surface area contributed by atoms with Gasteiger partial charge in [-0.15, -0.1) is 0 Å². The first-order valence-corrected chi connectivity index (χ1v) is 5.98. The van der Waals surface area contributed by atoms with E-state index in [1.165, 1.54) is 0 Å². The molecule has 18 heavy (non-hydrogen) atoms. The average molecular weight is 253 g/mol. The Labute approximate surface area is 104 Å². The molecular weight excluding hydrogens is 237 g/mol. The van der Waals surface area contributed by atoms with Crippen molar-refractivity contribution in [1.82, 2.24) is 15.3 Å². The van der Waals surface area contributed by atoms with Crippen molar-refractivity contribution >= 4 is 17.7 Å². The molecule has 0 radical (unpaired) electrons. The highest BCUT2D eigenvalue weighted by Crippen LogP contribution is 2.15. The average Bonchev–Trinajstić information content (AvgIpc) is 2.76. The van der Waals surface area contributed by atoms with E-state index >= 15 is 0 Å². The lowest BCUT2D eigenvalue weighted by Gasteiger charge is -2.12. The van der Waals surface area contributed by atoms with Crippen molar-refractivity contribution in [2.24, 2.45) is 0 Å². The molecule has 0 spiro atoms. The monoisotopic (exact) mass is 253 g/mol. The van der Waals surface area contributed by atoms with E-state index in [0.717, 1.165) is 19.2 Å². The maximum absolute atomic E-state index is 13.5. The number of aromatic nitrogens is 2. The molecule has 1 amide bonds. The van der Waals surface area contributed by atoms with Gasteiger partial charge >= 0.3 is 0 Å². The molecule has 3 N–H and O–H groups in total. The Kier molecular flexibility index (Phi) is 3.91. The summed E-state index contributed by atoms with van der Waals surface area (Å²) >= 11 is 0. The van der Waals surface area contributed by atoms with Gasteiger partial charge in [0.2, 0.25) is 11.9 Å². The Bertz CT molecular complexity index is 439. The van der Waals surface area contributed by atoms with Crippen molar-refractivity contribution in [2.45, 2.75) is 25.8 Å². The third-order valence-electron chi connectivity index (χ3n) is 2.60. The van der Waals surface area contributed by atoms with Crippen molar-refractivity contribution in [3.63, 3.8) is 0 Å². The van der Waals surface area contributed by atoms with Crippen LogP contribution in [0.25, 0.3) is 0 Å². The predicted molar refractivity (Wildman–Crippen MR) is 65.8 cm³/mol. The Morgan fingerprint density at radius 2 is 2.44 bits per heavy atom. The largest absolute Gasteiger partial charge is 0.362 e. The molecule has 0 aliphatic carbocycles. The van der Waals surface area contributed by atoms with E-state index in [1.807, 2.05) is 6.92 Å². The minimum atomic E-state index is -0.517. The zero-order chi connectivity index (χ0) is 13.0. The van der Waals surface area contributed by atoms with E-state index in [-0.39, 0.29) is 17.8 Å². The van der Waals surface area contributed by atoms with Crippen LogP contribution < -0.4 is 16.0 Å². The van der Waals surface area contributed by atoms with Gasteiger partial charge in [-0.3, -0.25) is 4.79 Å². The summed E-state index contributed by atoms with van der Waals surface area (Å²) in [4.78, 5) is 18.9. The Balaban J connectivity index is 2.03. The summed E-state index contributed by atoms with van der Waals surface area (Å²) in [7, 11) is 0. The van der Waals surface area contributed by atoms with Gasteiger partial charge in [0.25, 0.3) is 0 Å². The zero-order valence-electron chi connectivity index (χ0n) is 10.2. The van der Waals surface area contributed by atoms with Gasteiger partial charge in [-0.05, 0) is 6.42 Å². The third kappa shape index (κ3) is 3.06. The number of amides is 1. The van der Waals surface area contributed by atoms with Gasteiger partial charge in [-0.2, -0.15) is 4.98 Å². The molecule has 7 heteroatoms. The van der Waals surface area contributed by atoms with Crippen LogP contribution in [0.4, 0.5) is 16.2 Å². The van der Waals surface area contributed by atoms with Crippen LogP contribution in [-0.4, -0.2) is 35.0 Å². The fourth-order valence-corrected chi connectivity index (χ4v) is 1.69. The molecule has 2 rings (SSSR count). The van der Waals surface area contributed by atoms with E-state index in [1.54, 1.807) is 0 Å². The summed E-state index contributed by atoms with van der Waals surface area (Å²) in [5, 5.41) is 8.57. The van der Waals surface area contributed by atoms with Crippen LogP contribution in [0.1, 0.15) is 19.8 Å². The Hall–Kier alpha value is -1.92. The lowest BCUT2D eigenvalue weighted by molar-refractivity contribution is -0.119. The normalized spacial score (nSPS) is 18.6. The molecule has 0 aromatic carbocycles. The number of anilines is 2. The highest BCUT2D eigenvalue weighted by molar-refractivity contribution is 5.79.